The van der Waals surface area contributed by atoms with Gasteiger partial charge in [0.1, 0.15) is 11.7 Å². The van der Waals surface area contributed by atoms with Gasteiger partial charge in [0.2, 0.25) is 0 Å². The summed E-state index contributed by atoms with van der Waals surface area (Å²) in [5.74, 6) is 0.0396. The van der Waals surface area contributed by atoms with Gasteiger partial charge < -0.3 is 9.84 Å². The van der Waals surface area contributed by atoms with Crippen LogP contribution in [-0.2, 0) is 11.2 Å². The van der Waals surface area contributed by atoms with E-state index in [1.165, 1.54) is 0 Å². The van der Waals surface area contributed by atoms with Crippen LogP contribution in [0.1, 0.15) is 22.6 Å². The lowest BCUT2D eigenvalue weighted by atomic mass is 9.91. The first-order chi connectivity index (χ1) is 9.29. The molecule has 0 saturated carbocycles. The Balaban J connectivity index is 2.05. The molecule has 1 heterocycles. The van der Waals surface area contributed by atoms with E-state index in [9.17, 15) is 4.79 Å². The molecule has 2 aromatic rings. The molecular weight excluding hydrogens is 240 g/mol. The molecule has 0 aromatic heterocycles. The zero-order valence-corrected chi connectivity index (χ0v) is 10.4. The molecule has 1 atom stereocenters. The Bertz CT molecular complexity index is 605. The van der Waals surface area contributed by atoms with Gasteiger partial charge in [-0.1, -0.05) is 42.5 Å². The monoisotopic (exact) mass is 254 g/mol. The molecule has 0 saturated heterocycles. The summed E-state index contributed by atoms with van der Waals surface area (Å²) in [5, 5.41) is 9.00. The molecule has 0 aliphatic carbocycles. The van der Waals surface area contributed by atoms with Crippen LogP contribution in [0.2, 0.25) is 0 Å². The maximum atomic E-state index is 12.0. The summed E-state index contributed by atoms with van der Waals surface area (Å²) >= 11 is 0. The van der Waals surface area contributed by atoms with Crippen LogP contribution in [0.4, 0.5) is 0 Å². The van der Waals surface area contributed by atoms with Crippen molar-refractivity contribution in [3.8, 4) is 5.75 Å². The molecule has 3 nitrogen and oxygen atoms in total. The minimum absolute atomic E-state index is 0.101. The number of benzene rings is 2. The van der Waals surface area contributed by atoms with Crippen molar-refractivity contribution in [3.63, 3.8) is 0 Å². The number of hydrogen-bond donors (Lipinski definition) is 1. The SMILES string of the molecule is O=C1Oc2ccc(CCO)cc2C1c1ccccc1. The van der Waals surface area contributed by atoms with Gasteiger partial charge in [0.15, 0.2) is 0 Å². The Morgan fingerprint density at radius 3 is 2.63 bits per heavy atom. The number of rotatable bonds is 3. The third-order valence-electron chi connectivity index (χ3n) is 3.36. The van der Waals surface area contributed by atoms with Crippen LogP contribution in [0.3, 0.4) is 0 Å². The number of carbonyl (C=O) groups excluding carboxylic acids is 1. The molecule has 1 aliphatic heterocycles. The van der Waals surface area contributed by atoms with Gasteiger partial charge in [-0.3, -0.25) is 4.79 Å². The van der Waals surface area contributed by atoms with Crippen molar-refractivity contribution in [1.82, 2.24) is 0 Å². The van der Waals surface area contributed by atoms with E-state index in [0.29, 0.717) is 12.2 Å². The number of fused-ring (bicyclic) bond motifs is 1. The molecule has 0 spiro atoms. The average molecular weight is 254 g/mol. The van der Waals surface area contributed by atoms with Crippen molar-refractivity contribution in [3.05, 3.63) is 65.2 Å². The highest BCUT2D eigenvalue weighted by atomic mass is 16.5. The van der Waals surface area contributed by atoms with E-state index in [2.05, 4.69) is 0 Å². The van der Waals surface area contributed by atoms with Crippen molar-refractivity contribution < 1.29 is 14.6 Å². The van der Waals surface area contributed by atoms with E-state index in [-0.39, 0.29) is 18.5 Å². The van der Waals surface area contributed by atoms with Crippen molar-refractivity contribution in [1.29, 1.82) is 0 Å². The van der Waals surface area contributed by atoms with Crippen molar-refractivity contribution in [2.75, 3.05) is 6.61 Å². The highest BCUT2D eigenvalue weighted by molar-refractivity contribution is 5.89. The molecule has 1 unspecified atom stereocenters. The highest BCUT2D eigenvalue weighted by Crippen LogP contribution is 2.39. The normalized spacial score (nSPS) is 17.1. The van der Waals surface area contributed by atoms with E-state index in [0.717, 1.165) is 16.7 Å². The maximum Gasteiger partial charge on any atom is 0.323 e. The van der Waals surface area contributed by atoms with Crippen LogP contribution in [0.15, 0.2) is 48.5 Å². The molecule has 19 heavy (non-hydrogen) atoms. The van der Waals surface area contributed by atoms with Crippen LogP contribution in [0.25, 0.3) is 0 Å². The number of aliphatic hydroxyl groups is 1. The summed E-state index contributed by atoms with van der Waals surface area (Å²) in [4.78, 5) is 12.0. The lowest BCUT2D eigenvalue weighted by Crippen LogP contribution is -2.11. The minimum Gasteiger partial charge on any atom is -0.425 e. The van der Waals surface area contributed by atoms with E-state index < -0.39 is 0 Å². The summed E-state index contributed by atoms with van der Waals surface area (Å²) in [6.45, 7) is 0.101. The van der Waals surface area contributed by atoms with Gasteiger partial charge in [0, 0.05) is 12.2 Å². The van der Waals surface area contributed by atoms with Gasteiger partial charge in [-0.25, -0.2) is 0 Å². The maximum absolute atomic E-state index is 12.0. The number of esters is 1. The Labute approximate surface area is 111 Å². The molecular formula is C16H14O3. The Hall–Kier alpha value is -2.13. The highest BCUT2D eigenvalue weighted by Gasteiger charge is 2.34. The number of ether oxygens (including phenoxy) is 1. The number of hydrogen-bond acceptors (Lipinski definition) is 3. The largest absolute Gasteiger partial charge is 0.425 e. The van der Waals surface area contributed by atoms with Crippen molar-refractivity contribution >= 4 is 5.97 Å². The average Bonchev–Trinajstić information content (AvgIpc) is 2.75. The summed E-state index contributed by atoms with van der Waals surface area (Å²) in [7, 11) is 0. The standard InChI is InChI=1S/C16H14O3/c17-9-8-11-6-7-14-13(10-11)15(16(18)19-14)12-4-2-1-3-5-12/h1-7,10,15,17H,8-9H2. The predicted octanol–water partition coefficient (Wildman–Crippen LogP) is 2.27. The molecule has 1 N–H and O–H groups in total. The van der Waals surface area contributed by atoms with E-state index >= 15 is 0 Å². The topological polar surface area (TPSA) is 46.5 Å². The fourth-order valence-electron chi connectivity index (χ4n) is 2.46. The Kier molecular flexibility index (Phi) is 3.05. The number of aliphatic hydroxyl groups excluding tert-OH is 1. The first-order valence-corrected chi connectivity index (χ1v) is 6.30. The molecule has 96 valence electrons. The van der Waals surface area contributed by atoms with Crippen LogP contribution >= 0.6 is 0 Å². The summed E-state index contributed by atoms with van der Waals surface area (Å²) in [6, 6.07) is 15.3. The van der Waals surface area contributed by atoms with Gasteiger partial charge in [0.05, 0.1) is 0 Å². The lowest BCUT2D eigenvalue weighted by molar-refractivity contribution is -0.133. The Morgan fingerprint density at radius 1 is 1.11 bits per heavy atom. The van der Waals surface area contributed by atoms with Crippen LogP contribution in [0.5, 0.6) is 5.75 Å². The molecule has 2 aromatic carbocycles. The van der Waals surface area contributed by atoms with E-state index in [4.69, 9.17) is 9.84 Å². The number of carbonyl (C=O) groups is 1. The Morgan fingerprint density at radius 2 is 1.89 bits per heavy atom. The fourth-order valence-corrected chi connectivity index (χ4v) is 2.46. The predicted molar refractivity (Wildman–Crippen MR) is 71.2 cm³/mol. The summed E-state index contributed by atoms with van der Waals surface area (Å²) in [5.41, 5.74) is 2.84. The van der Waals surface area contributed by atoms with Crippen molar-refractivity contribution in [2.45, 2.75) is 12.3 Å². The summed E-state index contributed by atoms with van der Waals surface area (Å²) < 4.78 is 5.31. The first kappa shape index (κ1) is 11.9. The summed E-state index contributed by atoms with van der Waals surface area (Å²) in [6.07, 6.45) is 0.586. The minimum atomic E-state index is -0.352. The van der Waals surface area contributed by atoms with E-state index in [1.807, 2.05) is 42.5 Å². The zero-order chi connectivity index (χ0) is 13.2. The second kappa shape index (κ2) is 4.86. The molecule has 0 bridgehead atoms. The second-order valence-corrected chi connectivity index (χ2v) is 4.61. The lowest BCUT2D eigenvalue weighted by Gasteiger charge is -2.08. The van der Waals surface area contributed by atoms with Crippen LogP contribution in [0, 0.1) is 0 Å². The van der Waals surface area contributed by atoms with Gasteiger partial charge in [-0.15, -0.1) is 0 Å². The van der Waals surface area contributed by atoms with Crippen molar-refractivity contribution in [2.24, 2.45) is 0 Å². The molecule has 3 heteroatoms. The van der Waals surface area contributed by atoms with Crippen LogP contribution in [-0.4, -0.2) is 17.7 Å². The van der Waals surface area contributed by atoms with Gasteiger partial charge in [-0.2, -0.15) is 0 Å². The zero-order valence-electron chi connectivity index (χ0n) is 10.4. The van der Waals surface area contributed by atoms with Gasteiger partial charge in [0.25, 0.3) is 0 Å². The van der Waals surface area contributed by atoms with Gasteiger partial charge in [-0.05, 0) is 23.6 Å². The van der Waals surface area contributed by atoms with E-state index in [1.54, 1.807) is 6.07 Å². The fraction of sp³-hybridized carbons (Fsp3) is 0.188. The molecule has 0 amide bonds. The van der Waals surface area contributed by atoms with Crippen LogP contribution < -0.4 is 4.74 Å². The van der Waals surface area contributed by atoms with Gasteiger partial charge >= 0.3 is 5.97 Å². The smallest absolute Gasteiger partial charge is 0.323 e. The molecule has 0 radical (unpaired) electrons. The molecule has 3 rings (SSSR count). The molecule has 1 aliphatic rings. The second-order valence-electron chi connectivity index (χ2n) is 4.61. The third-order valence-corrected chi connectivity index (χ3v) is 3.36. The molecule has 0 fully saturated rings. The first-order valence-electron chi connectivity index (χ1n) is 6.30. The quantitative estimate of drug-likeness (QED) is 0.675. The third kappa shape index (κ3) is 2.13.